The van der Waals surface area contributed by atoms with E-state index in [0.29, 0.717) is 6.54 Å². The van der Waals surface area contributed by atoms with E-state index in [4.69, 9.17) is 10.5 Å². The van der Waals surface area contributed by atoms with Crippen LogP contribution in [0.1, 0.15) is 4.88 Å². The normalized spacial score (nSPS) is 10.6. The number of nitrogens with two attached hydrogens (primary N) is 1. The van der Waals surface area contributed by atoms with Crippen LogP contribution in [0.15, 0.2) is 24.3 Å². The second kappa shape index (κ2) is 3.36. The minimum Gasteiger partial charge on any atom is -0.495 e. The second-order valence-corrected chi connectivity index (χ2v) is 3.93. The Hall–Kier alpha value is -1.06. The summed E-state index contributed by atoms with van der Waals surface area (Å²) in [5.41, 5.74) is 5.57. The van der Waals surface area contributed by atoms with E-state index in [0.717, 1.165) is 5.75 Å². The number of thiophene rings is 1. The van der Waals surface area contributed by atoms with Crippen molar-refractivity contribution in [3.63, 3.8) is 0 Å². The lowest BCUT2D eigenvalue weighted by Crippen LogP contribution is -1.91. The standard InChI is InChI=1S/C10H11NOS/c1-12-9-4-2-3-7-5-8(6-11)13-10(7)9/h2-5H,6,11H2,1H3. The van der Waals surface area contributed by atoms with Crippen LogP contribution in [0.25, 0.3) is 10.1 Å². The van der Waals surface area contributed by atoms with Crippen molar-refractivity contribution < 1.29 is 4.74 Å². The van der Waals surface area contributed by atoms with Gasteiger partial charge in [0, 0.05) is 11.4 Å². The Balaban J connectivity index is 2.67. The van der Waals surface area contributed by atoms with Gasteiger partial charge in [0.2, 0.25) is 0 Å². The number of fused-ring (bicyclic) bond motifs is 1. The number of methoxy groups -OCH3 is 1. The molecule has 0 fully saturated rings. The van der Waals surface area contributed by atoms with Crippen molar-refractivity contribution in [3.05, 3.63) is 29.1 Å². The van der Waals surface area contributed by atoms with Crippen LogP contribution in [-0.4, -0.2) is 7.11 Å². The molecule has 68 valence electrons. The lowest BCUT2D eigenvalue weighted by atomic mass is 10.2. The fourth-order valence-electron chi connectivity index (χ4n) is 1.35. The highest BCUT2D eigenvalue weighted by molar-refractivity contribution is 7.19. The van der Waals surface area contributed by atoms with Crippen LogP contribution in [0.2, 0.25) is 0 Å². The molecule has 1 aromatic heterocycles. The molecule has 2 aromatic rings. The van der Waals surface area contributed by atoms with Gasteiger partial charge in [0.05, 0.1) is 11.8 Å². The van der Waals surface area contributed by atoms with Gasteiger partial charge in [-0.15, -0.1) is 11.3 Å². The van der Waals surface area contributed by atoms with E-state index in [1.807, 2.05) is 12.1 Å². The molecule has 0 bridgehead atoms. The Morgan fingerprint density at radius 2 is 2.31 bits per heavy atom. The first-order chi connectivity index (χ1) is 6.35. The zero-order valence-electron chi connectivity index (χ0n) is 7.41. The maximum absolute atomic E-state index is 5.57. The summed E-state index contributed by atoms with van der Waals surface area (Å²) >= 11 is 1.70. The number of ether oxygens (including phenoxy) is 1. The molecule has 0 saturated heterocycles. The van der Waals surface area contributed by atoms with Crippen molar-refractivity contribution >= 4 is 21.4 Å². The van der Waals surface area contributed by atoms with Gasteiger partial charge in [0.25, 0.3) is 0 Å². The third kappa shape index (κ3) is 1.41. The maximum Gasteiger partial charge on any atom is 0.136 e. The third-order valence-corrected chi connectivity index (χ3v) is 3.17. The SMILES string of the molecule is COc1cccc2cc(CN)sc12. The van der Waals surface area contributed by atoms with Crippen LogP contribution in [0, 0.1) is 0 Å². The number of hydrogen-bond donors (Lipinski definition) is 1. The van der Waals surface area contributed by atoms with Crippen LogP contribution in [-0.2, 0) is 6.54 Å². The summed E-state index contributed by atoms with van der Waals surface area (Å²) in [5.74, 6) is 0.933. The topological polar surface area (TPSA) is 35.2 Å². The van der Waals surface area contributed by atoms with E-state index in [-0.39, 0.29) is 0 Å². The Morgan fingerprint density at radius 3 is 3.00 bits per heavy atom. The molecule has 1 aromatic carbocycles. The van der Waals surface area contributed by atoms with Crippen LogP contribution >= 0.6 is 11.3 Å². The molecule has 0 aliphatic carbocycles. The molecule has 0 amide bonds. The minimum absolute atomic E-state index is 0.600. The van der Waals surface area contributed by atoms with Crippen molar-refractivity contribution in [3.8, 4) is 5.75 Å². The molecule has 13 heavy (non-hydrogen) atoms. The van der Waals surface area contributed by atoms with Crippen molar-refractivity contribution in [1.82, 2.24) is 0 Å². The van der Waals surface area contributed by atoms with Gasteiger partial charge in [-0.25, -0.2) is 0 Å². The molecular formula is C10H11NOS. The molecule has 0 atom stereocenters. The van der Waals surface area contributed by atoms with Crippen LogP contribution in [0.4, 0.5) is 0 Å². The van der Waals surface area contributed by atoms with Gasteiger partial charge in [0.1, 0.15) is 5.75 Å². The summed E-state index contributed by atoms with van der Waals surface area (Å²) in [6.07, 6.45) is 0. The first kappa shape index (κ1) is 8.53. The van der Waals surface area contributed by atoms with Crippen molar-refractivity contribution in [2.75, 3.05) is 7.11 Å². The second-order valence-electron chi connectivity index (χ2n) is 2.80. The molecule has 0 saturated carbocycles. The maximum atomic E-state index is 5.57. The van der Waals surface area contributed by atoms with Gasteiger partial charge in [0.15, 0.2) is 0 Å². The fraction of sp³-hybridized carbons (Fsp3) is 0.200. The highest BCUT2D eigenvalue weighted by Crippen LogP contribution is 2.32. The van der Waals surface area contributed by atoms with E-state index < -0.39 is 0 Å². The molecule has 0 spiro atoms. The zero-order valence-corrected chi connectivity index (χ0v) is 8.23. The van der Waals surface area contributed by atoms with Crippen molar-refractivity contribution in [1.29, 1.82) is 0 Å². The van der Waals surface area contributed by atoms with Crippen molar-refractivity contribution in [2.24, 2.45) is 5.73 Å². The molecule has 2 N–H and O–H groups in total. The Kier molecular flexibility index (Phi) is 2.20. The van der Waals surface area contributed by atoms with Gasteiger partial charge in [-0.3, -0.25) is 0 Å². The average Bonchev–Trinajstić information content (AvgIpc) is 2.59. The molecule has 2 nitrogen and oxygen atoms in total. The number of hydrogen-bond acceptors (Lipinski definition) is 3. The molecule has 0 unspecified atom stereocenters. The van der Waals surface area contributed by atoms with Crippen LogP contribution < -0.4 is 10.5 Å². The summed E-state index contributed by atoms with van der Waals surface area (Å²) in [5, 5.41) is 1.21. The summed E-state index contributed by atoms with van der Waals surface area (Å²) in [6.45, 7) is 0.600. The summed E-state index contributed by atoms with van der Waals surface area (Å²) < 4.78 is 6.44. The highest BCUT2D eigenvalue weighted by Gasteiger charge is 2.04. The Morgan fingerprint density at radius 1 is 1.46 bits per heavy atom. The predicted octanol–water partition coefficient (Wildman–Crippen LogP) is 2.37. The van der Waals surface area contributed by atoms with E-state index >= 15 is 0 Å². The molecule has 0 radical (unpaired) electrons. The van der Waals surface area contributed by atoms with E-state index in [1.54, 1.807) is 18.4 Å². The highest BCUT2D eigenvalue weighted by atomic mass is 32.1. The fourth-order valence-corrected chi connectivity index (χ4v) is 2.38. The largest absolute Gasteiger partial charge is 0.495 e. The van der Waals surface area contributed by atoms with Gasteiger partial charge in [-0.1, -0.05) is 12.1 Å². The van der Waals surface area contributed by atoms with Crippen LogP contribution in [0.5, 0.6) is 5.75 Å². The van der Waals surface area contributed by atoms with E-state index in [9.17, 15) is 0 Å². The number of rotatable bonds is 2. The van der Waals surface area contributed by atoms with Gasteiger partial charge in [-0.05, 0) is 17.5 Å². The van der Waals surface area contributed by atoms with Crippen molar-refractivity contribution in [2.45, 2.75) is 6.54 Å². The Labute approximate surface area is 80.9 Å². The first-order valence-corrected chi connectivity index (χ1v) is 4.92. The van der Waals surface area contributed by atoms with E-state index in [2.05, 4.69) is 12.1 Å². The average molecular weight is 193 g/mol. The summed E-state index contributed by atoms with van der Waals surface area (Å²) in [7, 11) is 1.69. The Bertz CT molecular complexity index is 422. The lowest BCUT2D eigenvalue weighted by Gasteiger charge is -1.98. The van der Waals surface area contributed by atoms with E-state index in [1.165, 1.54) is 15.0 Å². The van der Waals surface area contributed by atoms with Gasteiger partial charge in [-0.2, -0.15) is 0 Å². The number of benzene rings is 1. The quantitative estimate of drug-likeness (QED) is 0.794. The monoisotopic (exact) mass is 193 g/mol. The molecule has 2 rings (SSSR count). The third-order valence-electron chi connectivity index (χ3n) is 1.98. The minimum atomic E-state index is 0.600. The summed E-state index contributed by atoms with van der Waals surface area (Å²) in [6, 6.07) is 8.16. The van der Waals surface area contributed by atoms with Gasteiger partial charge < -0.3 is 10.5 Å². The molecule has 3 heteroatoms. The lowest BCUT2D eigenvalue weighted by molar-refractivity contribution is 0.420. The van der Waals surface area contributed by atoms with Crippen LogP contribution in [0.3, 0.4) is 0 Å². The molecular weight excluding hydrogens is 182 g/mol. The predicted molar refractivity (Wildman–Crippen MR) is 56.3 cm³/mol. The summed E-state index contributed by atoms with van der Waals surface area (Å²) in [4.78, 5) is 1.19. The first-order valence-electron chi connectivity index (χ1n) is 4.10. The molecule has 0 aliphatic heterocycles. The zero-order chi connectivity index (χ0) is 9.26. The smallest absolute Gasteiger partial charge is 0.136 e. The van der Waals surface area contributed by atoms with Gasteiger partial charge >= 0.3 is 0 Å². The molecule has 0 aliphatic rings. The molecule has 1 heterocycles.